The number of benzene rings is 2. The summed E-state index contributed by atoms with van der Waals surface area (Å²) in [6, 6.07) is 12.8. The molecule has 2 unspecified atom stereocenters. The van der Waals surface area contributed by atoms with Crippen LogP contribution in [0.1, 0.15) is 44.9 Å². The SMILES string of the molecule is COc1ccc(CC(NC(=O)OC(C)(C)C)c2ccc3c(c2)NC(=O)C(C)O3)cc1. The predicted octanol–water partition coefficient (Wildman–Crippen LogP) is 4.22. The monoisotopic (exact) mass is 412 g/mol. The third kappa shape index (κ3) is 5.43. The lowest BCUT2D eigenvalue weighted by molar-refractivity contribution is -0.122. The van der Waals surface area contributed by atoms with Crippen molar-refractivity contribution in [1.29, 1.82) is 0 Å². The lowest BCUT2D eigenvalue weighted by atomic mass is 9.97. The summed E-state index contributed by atoms with van der Waals surface area (Å²) in [5, 5.41) is 5.80. The van der Waals surface area contributed by atoms with Crippen LogP contribution in [0.5, 0.6) is 11.5 Å². The molecule has 1 heterocycles. The number of fused-ring (bicyclic) bond motifs is 1. The number of alkyl carbamates (subject to hydrolysis) is 1. The van der Waals surface area contributed by atoms with E-state index in [0.717, 1.165) is 16.9 Å². The Kier molecular flexibility index (Phi) is 6.20. The number of hydrogen-bond donors (Lipinski definition) is 2. The summed E-state index contributed by atoms with van der Waals surface area (Å²) in [6.07, 6.45) is -0.515. The summed E-state index contributed by atoms with van der Waals surface area (Å²) in [5.74, 6) is 1.16. The lowest BCUT2D eigenvalue weighted by Crippen LogP contribution is -2.36. The van der Waals surface area contributed by atoms with Crippen LogP contribution in [0.4, 0.5) is 10.5 Å². The maximum Gasteiger partial charge on any atom is 0.408 e. The van der Waals surface area contributed by atoms with E-state index in [9.17, 15) is 9.59 Å². The Morgan fingerprint density at radius 3 is 2.53 bits per heavy atom. The van der Waals surface area contributed by atoms with Gasteiger partial charge in [-0.15, -0.1) is 0 Å². The number of hydrogen-bond acceptors (Lipinski definition) is 5. The van der Waals surface area contributed by atoms with Crippen molar-refractivity contribution in [2.24, 2.45) is 0 Å². The maximum atomic E-state index is 12.5. The van der Waals surface area contributed by atoms with Gasteiger partial charge in [-0.2, -0.15) is 0 Å². The van der Waals surface area contributed by atoms with Crippen molar-refractivity contribution in [3.8, 4) is 11.5 Å². The first-order valence-corrected chi connectivity index (χ1v) is 9.88. The average Bonchev–Trinajstić information content (AvgIpc) is 2.67. The van der Waals surface area contributed by atoms with Crippen molar-refractivity contribution in [3.05, 3.63) is 53.6 Å². The Hall–Kier alpha value is -3.22. The van der Waals surface area contributed by atoms with E-state index in [0.29, 0.717) is 17.9 Å². The van der Waals surface area contributed by atoms with Crippen LogP contribution in [0, 0.1) is 0 Å². The number of amides is 2. The van der Waals surface area contributed by atoms with Crippen LogP contribution < -0.4 is 20.1 Å². The third-order valence-electron chi connectivity index (χ3n) is 4.63. The molecule has 0 radical (unpaired) electrons. The zero-order valence-electron chi connectivity index (χ0n) is 17.9. The van der Waals surface area contributed by atoms with Crippen molar-refractivity contribution in [2.45, 2.75) is 51.9 Å². The standard InChI is InChI=1S/C23H28N2O5/c1-14-21(26)24-19-13-16(8-11-20(19)29-14)18(25-22(27)30-23(2,3)4)12-15-6-9-17(28-5)10-7-15/h6-11,13-14,18H,12H2,1-5H3,(H,24,26)(H,25,27). The Morgan fingerprint density at radius 1 is 1.20 bits per heavy atom. The number of carbonyl (C=O) groups is 2. The van der Waals surface area contributed by atoms with Gasteiger partial charge in [0.2, 0.25) is 0 Å². The van der Waals surface area contributed by atoms with Gasteiger partial charge in [0.25, 0.3) is 5.91 Å². The number of rotatable bonds is 5. The molecule has 0 aromatic heterocycles. The van der Waals surface area contributed by atoms with E-state index in [1.807, 2.05) is 57.2 Å². The van der Waals surface area contributed by atoms with Gasteiger partial charge in [-0.1, -0.05) is 18.2 Å². The molecular formula is C23H28N2O5. The lowest BCUT2D eigenvalue weighted by Gasteiger charge is -2.27. The van der Waals surface area contributed by atoms with Crippen LogP contribution in [-0.4, -0.2) is 30.8 Å². The van der Waals surface area contributed by atoms with E-state index in [1.165, 1.54) is 0 Å². The molecule has 0 aliphatic carbocycles. The Bertz CT molecular complexity index is 918. The molecule has 0 bridgehead atoms. The zero-order valence-corrected chi connectivity index (χ0v) is 17.9. The minimum Gasteiger partial charge on any atom is -0.497 e. The Morgan fingerprint density at radius 2 is 1.90 bits per heavy atom. The van der Waals surface area contributed by atoms with Crippen molar-refractivity contribution < 1.29 is 23.8 Å². The van der Waals surface area contributed by atoms with E-state index < -0.39 is 17.8 Å². The van der Waals surface area contributed by atoms with Crippen LogP contribution >= 0.6 is 0 Å². The summed E-state index contributed by atoms with van der Waals surface area (Å²) in [6.45, 7) is 7.15. The average molecular weight is 412 g/mol. The molecule has 160 valence electrons. The fourth-order valence-corrected chi connectivity index (χ4v) is 3.14. The molecule has 30 heavy (non-hydrogen) atoms. The smallest absolute Gasteiger partial charge is 0.408 e. The van der Waals surface area contributed by atoms with Crippen molar-refractivity contribution >= 4 is 17.7 Å². The molecule has 0 spiro atoms. The highest BCUT2D eigenvalue weighted by atomic mass is 16.6. The van der Waals surface area contributed by atoms with Crippen LogP contribution in [0.15, 0.2) is 42.5 Å². The molecule has 2 atom stereocenters. The summed E-state index contributed by atoms with van der Waals surface area (Å²) in [4.78, 5) is 24.5. The first-order chi connectivity index (χ1) is 14.1. The minimum absolute atomic E-state index is 0.202. The van der Waals surface area contributed by atoms with Gasteiger partial charge in [-0.3, -0.25) is 4.79 Å². The van der Waals surface area contributed by atoms with Crippen molar-refractivity contribution in [2.75, 3.05) is 12.4 Å². The van der Waals surface area contributed by atoms with Gasteiger partial charge in [0, 0.05) is 0 Å². The van der Waals surface area contributed by atoms with E-state index >= 15 is 0 Å². The molecule has 0 fully saturated rings. The van der Waals surface area contributed by atoms with Gasteiger partial charge in [0.05, 0.1) is 18.8 Å². The summed E-state index contributed by atoms with van der Waals surface area (Å²) in [7, 11) is 1.62. The van der Waals surface area contributed by atoms with Crippen molar-refractivity contribution in [3.63, 3.8) is 0 Å². The fourth-order valence-electron chi connectivity index (χ4n) is 3.14. The summed E-state index contributed by atoms with van der Waals surface area (Å²) < 4.78 is 16.3. The minimum atomic E-state index is -0.609. The fraction of sp³-hybridized carbons (Fsp3) is 0.391. The topological polar surface area (TPSA) is 85.9 Å². The molecule has 7 heteroatoms. The van der Waals surface area contributed by atoms with E-state index in [2.05, 4.69) is 10.6 Å². The molecule has 2 aromatic rings. The molecule has 0 saturated heterocycles. The number of carbonyl (C=O) groups excluding carboxylic acids is 2. The highest BCUT2D eigenvalue weighted by Crippen LogP contribution is 2.33. The van der Waals surface area contributed by atoms with Gasteiger partial charge in [-0.25, -0.2) is 4.79 Å². The van der Waals surface area contributed by atoms with Crippen LogP contribution in [0.25, 0.3) is 0 Å². The van der Waals surface area contributed by atoms with Crippen LogP contribution in [0.3, 0.4) is 0 Å². The molecule has 7 nitrogen and oxygen atoms in total. The van der Waals surface area contributed by atoms with Gasteiger partial charge in [-0.05, 0) is 69.5 Å². The third-order valence-corrected chi connectivity index (χ3v) is 4.63. The van der Waals surface area contributed by atoms with E-state index in [1.54, 1.807) is 20.1 Å². The van der Waals surface area contributed by atoms with E-state index in [4.69, 9.17) is 14.2 Å². The van der Waals surface area contributed by atoms with Gasteiger partial charge >= 0.3 is 6.09 Å². The first kappa shape index (κ1) is 21.5. The Labute approximate surface area is 176 Å². The first-order valence-electron chi connectivity index (χ1n) is 9.88. The highest BCUT2D eigenvalue weighted by molar-refractivity contribution is 5.97. The normalized spacial score (nSPS) is 16.6. The molecule has 0 saturated carbocycles. The second-order valence-electron chi connectivity index (χ2n) is 8.26. The van der Waals surface area contributed by atoms with Crippen molar-refractivity contribution in [1.82, 2.24) is 5.32 Å². The molecule has 1 aliphatic rings. The molecule has 3 rings (SSSR count). The predicted molar refractivity (Wildman–Crippen MR) is 114 cm³/mol. The quantitative estimate of drug-likeness (QED) is 0.768. The van der Waals surface area contributed by atoms with Crippen LogP contribution in [-0.2, 0) is 16.0 Å². The van der Waals surface area contributed by atoms with E-state index in [-0.39, 0.29) is 11.9 Å². The van der Waals surface area contributed by atoms with Gasteiger partial charge in [0.15, 0.2) is 6.10 Å². The largest absolute Gasteiger partial charge is 0.497 e. The molecule has 2 aromatic carbocycles. The number of nitrogens with one attached hydrogen (secondary N) is 2. The van der Waals surface area contributed by atoms with Gasteiger partial charge in [0.1, 0.15) is 17.1 Å². The van der Waals surface area contributed by atoms with Crippen LogP contribution in [0.2, 0.25) is 0 Å². The highest BCUT2D eigenvalue weighted by Gasteiger charge is 2.26. The van der Waals surface area contributed by atoms with Gasteiger partial charge < -0.3 is 24.8 Å². The summed E-state index contributed by atoms with van der Waals surface area (Å²) >= 11 is 0. The molecule has 1 aliphatic heterocycles. The molecule has 2 N–H and O–H groups in total. The zero-order chi connectivity index (χ0) is 21.9. The second kappa shape index (κ2) is 8.65. The molecular weight excluding hydrogens is 384 g/mol. The number of ether oxygens (including phenoxy) is 3. The summed E-state index contributed by atoms with van der Waals surface area (Å²) in [5.41, 5.74) is 1.82. The molecule has 2 amide bonds. The second-order valence-corrected chi connectivity index (χ2v) is 8.26. The number of methoxy groups -OCH3 is 1. The number of anilines is 1. The Balaban J connectivity index is 1.87. The maximum absolute atomic E-state index is 12.5.